The Kier molecular flexibility index (Phi) is 6.15. The van der Waals surface area contributed by atoms with Crippen molar-refractivity contribution in [1.29, 1.82) is 0 Å². The minimum absolute atomic E-state index is 0.153. The van der Waals surface area contributed by atoms with E-state index in [-0.39, 0.29) is 5.91 Å². The summed E-state index contributed by atoms with van der Waals surface area (Å²) >= 11 is 1.37. The number of anilines is 1. The lowest BCUT2D eigenvalue weighted by molar-refractivity contribution is 0.103. The molecule has 5 nitrogen and oxygen atoms in total. The fourth-order valence-corrected chi connectivity index (χ4v) is 3.51. The van der Waals surface area contributed by atoms with Gasteiger partial charge in [0.25, 0.3) is 5.91 Å². The minimum Gasteiger partial charge on any atom is -0.321 e. The summed E-state index contributed by atoms with van der Waals surface area (Å²) in [5, 5.41) is 2.88. The van der Waals surface area contributed by atoms with Crippen molar-refractivity contribution in [2.45, 2.75) is 26.2 Å². The zero-order chi connectivity index (χ0) is 17.7. The maximum absolute atomic E-state index is 12.3. The van der Waals surface area contributed by atoms with Crippen molar-refractivity contribution in [1.82, 2.24) is 4.72 Å². The smallest absolute Gasteiger partial charge is 0.265 e. The molecule has 0 saturated carbocycles. The Morgan fingerprint density at radius 3 is 2.38 bits per heavy atom. The molecule has 0 aliphatic carbocycles. The van der Waals surface area contributed by atoms with Crippen LogP contribution >= 0.6 is 11.3 Å². The van der Waals surface area contributed by atoms with Crippen molar-refractivity contribution >= 4 is 33.0 Å². The van der Waals surface area contributed by atoms with Crippen molar-refractivity contribution in [3.05, 3.63) is 51.7 Å². The van der Waals surface area contributed by atoms with Crippen LogP contribution in [0.3, 0.4) is 0 Å². The molecule has 0 radical (unpaired) electrons. The van der Waals surface area contributed by atoms with E-state index in [0.29, 0.717) is 23.8 Å². The summed E-state index contributed by atoms with van der Waals surface area (Å²) in [6.45, 7) is 4.58. The Morgan fingerprint density at radius 2 is 1.79 bits per heavy atom. The molecule has 2 rings (SSSR count). The van der Waals surface area contributed by atoms with E-state index in [1.807, 2.05) is 30.3 Å². The lowest BCUT2D eigenvalue weighted by Crippen LogP contribution is -2.24. The molecule has 1 aromatic carbocycles. The Hall–Kier alpha value is -1.70. The number of amides is 1. The highest BCUT2D eigenvalue weighted by Gasteiger charge is 2.10. The summed E-state index contributed by atoms with van der Waals surface area (Å²) in [7, 11) is -3.18. The van der Waals surface area contributed by atoms with Crippen LogP contribution in [0.15, 0.2) is 36.4 Å². The lowest BCUT2D eigenvalue weighted by atomic mass is 10.0. The third-order valence-electron chi connectivity index (χ3n) is 3.46. The number of rotatable bonds is 7. The fourth-order valence-electron chi connectivity index (χ4n) is 2.14. The predicted molar refractivity (Wildman–Crippen MR) is 99.4 cm³/mol. The first kappa shape index (κ1) is 18.6. The Morgan fingerprint density at radius 1 is 1.12 bits per heavy atom. The standard InChI is InChI=1S/C17H22N2O3S2/c1-12(2)13-4-6-14(7-5-13)19-17(20)16-9-8-15(23-16)10-11-18-24(3,21)22/h4-9,12,18H,10-11H2,1-3H3,(H,19,20). The number of nitrogens with one attached hydrogen (secondary N) is 2. The number of hydrogen-bond donors (Lipinski definition) is 2. The molecule has 1 amide bonds. The molecule has 0 atom stereocenters. The predicted octanol–water partition coefficient (Wildman–Crippen LogP) is 3.22. The van der Waals surface area contributed by atoms with Crippen LogP contribution in [0.2, 0.25) is 0 Å². The average molecular weight is 367 g/mol. The second kappa shape index (κ2) is 7.92. The van der Waals surface area contributed by atoms with Crippen LogP contribution in [0, 0.1) is 0 Å². The second-order valence-electron chi connectivity index (χ2n) is 5.91. The van der Waals surface area contributed by atoms with Gasteiger partial charge in [-0.3, -0.25) is 4.79 Å². The summed E-state index contributed by atoms with van der Waals surface area (Å²) in [6, 6.07) is 11.4. The van der Waals surface area contributed by atoms with E-state index in [4.69, 9.17) is 0 Å². The molecular formula is C17H22N2O3S2. The first-order chi connectivity index (χ1) is 11.2. The van der Waals surface area contributed by atoms with E-state index in [2.05, 4.69) is 23.9 Å². The minimum atomic E-state index is -3.18. The average Bonchev–Trinajstić information content (AvgIpc) is 2.95. The van der Waals surface area contributed by atoms with E-state index in [9.17, 15) is 13.2 Å². The van der Waals surface area contributed by atoms with Crippen molar-refractivity contribution in [2.24, 2.45) is 0 Å². The van der Waals surface area contributed by atoms with Gasteiger partial charge in [0.1, 0.15) is 0 Å². The van der Waals surface area contributed by atoms with Crippen LogP contribution in [0.25, 0.3) is 0 Å². The van der Waals surface area contributed by atoms with Crippen LogP contribution in [-0.4, -0.2) is 27.1 Å². The maximum atomic E-state index is 12.3. The van der Waals surface area contributed by atoms with Gasteiger partial charge < -0.3 is 5.32 Å². The summed E-state index contributed by atoms with van der Waals surface area (Å²) in [5.41, 5.74) is 1.99. The van der Waals surface area contributed by atoms with Crippen molar-refractivity contribution in [2.75, 3.05) is 18.1 Å². The highest BCUT2D eigenvalue weighted by Crippen LogP contribution is 2.20. The molecule has 2 aromatic rings. The summed E-state index contributed by atoms with van der Waals surface area (Å²) in [4.78, 5) is 13.8. The molecule has 0 aliphatic heterocycles. The third-order valence-corrected chi connectivity index (χ3v) is 5.33. The zero-order valence-corrected chi connectivity index (χ0v) is 15.6. The van der Waals surface area contributed by atoms with Gasteiger partial charge in [-0.05, 0) is 42.2 Å². The van der Waals surface area contributed by atoms with Crippen molar-refractivity contribution < 1.29 is 13.2 Å². The Balaban J connectivity index is 1.93. The molecule has 0 fully saturated rings. The largest absolute Gasteiger partial charge is 0.321 e. The molecule has 0 spiro atoms. The molecule has 130 valence electrons. The number of carbonyl (C=O) groups excluding carboxylic acids is 1. The summed E-state index contributed by atoms with van der Waals surface area (Å²) < 4.78 is 24.5. The van der Waals surface area contributed by atoms with Crippen LogP contribution in [-0.2, 0) is 16.4 Å². The first-order valence-corrected chi connectivity index (χ1v) is 10.4. The molecular weight excluding hydrogens is 344 g/mol. The quantitative estimate of drug-likeness (QED) is 0.790. The Labute approximate surface area is 147 Å². The third kappa shape index (κ3) is 5.74. The lowest BCUT2D eigenvalue weighted by Gasteiger charge is -2.07. The maximum Gasteiger partial charge on any atom is 0.265 e. The van der Waals surface area contributed by atoms with Crippen LogP contribution in [0.1, 0.15) is 39.9 Å². The number of hydrogen-bond acceptors (Lipinski definition) is 4. The highest BCUT2D eigenvalue weighted by atomic mass is 32.2. The van der Waals surface area contributed by atoms with E-state index in [0.717, 1.165) is 16.8 Å². The van der Waals surface area contributed by atoms with Crippen LogP contribution in [0.4, 0.5) is 5.69 Å². The van der Waals surface area contributed by atoms with Crippen molar-refractivity contribution in [3.8, 4) is 0 Å². The molecule has 1 heterocycles. The van der Waals surface area contributed by atoms with Gasteiger partial charge in [0, 0.05) is 17.1 Å². The molecule has 1 aromatic heterocycles. The van der Waals surface area contributed by atoms with Gasteiger partial charge in [0.15, 0.2) is 0 Å². The van der Waals surface area contributed by atoms with E-state index in [1.54, 1.807) is 6.07 Å². The molecule has 0 saturated heterocycles. The molecule has 2 N–H and O–H groups in total. The molecule has 0 unspecified atom stereocenters. The van der Waals surface area contributed by atoms with Gasteiger partial charge in [0.2, 0.25) is 10.0 Å². The molecule has 0 aliphatic rings. The second-order valence-corrected chi connectivity index (χ2v) is 8.91. The van der Waals surface area contributed by atoms with E-state index in [1.165, 1.54) is 16.9 Å². The molecule has 0 bridgehead atoms. The number of thiophene rings is 1. The zero-order valence-electron chi connectivity index (χ0n) is 14.0. The van der Waals surface area contributed by atoms with Gasteiger partial charge in [-0.2, -0.15) is 0 Å². The SMILES string of the molecule is CC(C)c1ccc(NC(=O)c2ccc(CCNS(C)(=O)=O)s2)cc1. The fraction of sp³-hybridized carbons (Fsp3) is 0.353. The van der Waals surface area contributed by atoms with Gasteiger partial charge in [-0.1, -0.05) is 26.0 Å². The molecule has 24 heavy (non-hydrogen) atoms. The topological polar surface area (TPSA) is 75.3 Å². The van der Waals surface area contributed by atoms with Gasteiger partial charge in [0.05, 0.1) is 11.1 Å². The first-order valence-electron chi connectivity index (χ1n) is 7.69. The van der Waals surface area contributed by atoms with Gasteiger partial charge >= 0.3 is 0 Å². The van der Waals surface area contributed by atoms with Gasteiger partial charge in [-0.25, -0.2) is 13.1 Å². The van der Waals surface area contributed by atoms with Gasteiger partial charge in [-0.15, -0.1) is 11.3 Å². The highest BCUT2D eigenvalue weighted by molar-refractivity contribution is 7.88. The normalized spacial score (nSPS) is 11.7. The number of carbonyl (C=O) groups is 1. The van der Waals surface area contributed by atoms with Crippen LogP contribution < -0.4 is 10.0 Å². The number of benzene rings is 1. The van der Waals surface area contributed by atoms with E-state index >= 15 is 0 Å². The number of sulfonamides is 1. The van der Waals surface area contributed by atoms with Crippen LogP contribution in [0.5, 0.6) is 0 Å². The van der Waals surface area contributed by atoms with E-state index < -0.39 is 10.0 Å². The summed E-state index contributed by atoms with van der Waals surface area (Å²) in [6.07, 6.45) is 1.69. The molecule has 7 heteroatoms. The van der Waals surface area contributed by atoms with Crippen molar-refractivity contribution in [3.63, 3.8) is 0 Å². The Bertz CT molecular complexity index is 793. The monoisotopic (exact) mass is 366 g/mol. The summed E-state index contributed by atoms with van der Waals surface area (Å²) in [5.74, 6) is 0.301.